The summed E-state index contributed by atoms with van der Waals surface area (Å²) in [6, 6.07) is 8.55. The van der Waals surface area contributed by atoms with E-state index < -0.39 is 35.1 Å². The lowest BCUT2D eigenvalue weighted by atomic mass is 10.1. The molecule has 1 fully saturated rings. The number of ketones is 1. The Kier molecular flexibility index (Phi) is 5.71. The molecule has 1 aromatic heterocycles. The van der Waals surface area contributed by atoms with Gasteiger partial charge >= 0.3 is 5.97 Å². The van der Waals surface area contributed by atoms with E-state index in [-0.39, 0.29) is 19.8 Å². The van der Waals surface area contributed by atoms with E-state index in [9.17, 15) is 13.6 Å². The molecule has 1 aliphatic heterocycles. The van der Waals surface area contributed by atoms with Gasteiger partial charge in [0.05, 0.1) is 19.3 Å². The van der Waals surface area contributed by atoms with Crippen LogP contribution in [0.1, 0.15) is 35.9 Å². The highest BCUT2D eigenvalue weighted by molar-refractivity contribution is 6.00. The van der Waals surface area contributed by atoms with Gasteiger partial charge in [0.25, 0.3) is 5.78 Å². The molecule has 0 saturated carbocycles. The number of aromatic nitrogens is 1. The lowest BCUT2D eigenvalue weighted by Gasteiger charge is -2.26. The minimum Gasteiger partial charge on any atom is -0.332 e. The number of hydrogen-bond acceptors (Lipinski definition) is 4. The number of carbonyl (C=O) groups is 1. The lowest BCUT2D eigenvalue weighted by molar-refractivity contribution is -0.285. The topological polar surface area (TPSA) is 49.7 Å². The van der Waals surface area contributed by atoms with Gasteiger partial charge in [-0.3, -0.25) is 4.79 Å². The van der Waals surface area contributed by atoms with Gasteiger partial charge in [-0.15, -0.1) is 5.92 Å². The molecule has 2 heterocycles. The van der Waals surface area contributed by atoms with Crippen LogP contribution in [0, 0.1) is 23.5 Å². The molecule has 7 heteroatoms. The second-order valence-corrected chi connectivity index (χ2v) is 5.93. The second kappa shape index (κ2) is 8.01. The quantitative estimate of drug-likeness (QED) is 0.574. The SMILES string of the molecule is CC#CCOC1(C(=O)c2c(F)c(F)cn2[C@H](C)c2ccccc2)OCCO1. The summed E-state index contributed by atoms with van der Waals surface area (Å²) >= 11 is 0. The zero-order valence-corrected chi connectivity index (χ0v) is 15.0. The van der Waals surface area contributed by atoms with E-state index >= 15 is 0 Å². The van der Waals surface area contributed by atoms with Gasteiger partial charge < -0.3 is 18.8 Å². The van der Waals surface area contributed by atoms with Crippen LogP contribution in [0.15, 0.2) is 36.5 Å². The maximum atomic E-state index is 14.5. The smallest absolute Gasteiger partial charge is 0.332 e. The molecule has 0 aliphatic carbocycles. The van der Waals surface area contributed by atoms with Crippen LogP contribution in [-0.2, 0) is 14.2 Å². The van der Waals surface area contributed by atoms with Crippen LogP contribution in [0.2, 0.25) is 0 Å². The summed E-state index contributed by atoms with van der Waals surface area (Å²) in [5, 5.41) is 0. The average Bonchev–Trinajstić information content (AvgIpc) is 3.28. The number of halogens is 2. The highest BCUT2D eigenvalue weighted by Crippen LogP contribution is 2.31. The summed E-state index contributed by atoms with van der Waals surface area (Å²) in [7, 11) is 0. The fraction of sp³-hybridized carbons (Fsp3) is 0.350. The van der Waals surface area contributed by atoms with Crippen molar-refractivity contribution in [2.75, 3.05) is 19.8 Å². The van der Waals surface area contributed by atoms with Gasteiger partial charge in [0.15, 0.2) is 11.6 Å². The van der Waals surface area contributed by atoms with E-state index in [0.29, 0.717) is 0 Å². The Hall–Kier alpha value is -2.53. The highest BCUT2D eigenvalue weighted by Gasteiger charge is 2.49. The van der Waals surface area contributed by atoms with Gasteiger partial charge in [0.2, 0.25) is 0 Å². The van der Waals surface area contributed by atoms with E-state index in [4.69, 9.17) is 14.2 Å². The van der Waals surface area contributed by atoms with Crippen molar-refractivity contribution in [2.24, 2.45) is 0 Å². The Bertz CT molecular complexity index is 877. The number of rotatable bonds is 6. The molecule has 0 bridgehead atoms. The molecular weight excluding hydrogens is 356 g/mol. The molecule has 3 rings (SSSR count). The monoisotopic (exact) mass is 375 g/mol. The molecular formula is C20H19F2NO4. The van der Waals surface area contributed by atoms with Crippen LogP contribution in [0.25, 0.3) is 0 Å². The van der Waals surface area contributed by atoms with Gasteiger partial charge in [-0.05, 0) is 19.4 Å². The van der Waals surface area contributed by atoms with Gasteiger partial charge in [0, 0.05) is 6.20 Å². The summed E-state index contributed by atoms with van der Waals surface area (Å²) in [6.07, 6.45) is 0.953. The fourth-order valence-electron chi connectivity index (χ4n) is 2.91. The van der Waals surface area contributed by atoms with Crippen molar-refractivity contribution in [3.63, 3.8) is 0 Å². The molecule has 0 radical (unpaired) electrons. The summed E-state index contributed by atoms with van der Waals surface area (Å²) in [4.78, 5) is 13.1. The van der Waals surface area contributed by atoms with Crippen LogP contribution in [0.5, 0.6) is 0 Å². The molecule has 27 heavy (non-hydrogen) atoms. The van der Waals surface area contributed by atoms with Gasteiger partial charge in [-0.1, -0.05) is 36.3 Å². The number of nitrogens with zero attached hydrogens (tertiary/aromatic N) is 1. The molecule has 0 amide bonds. The molecule has 1 aromatic carbocycles. The van der Waals surface area contributed by atoms with Crippen molar-refractivity contribution >= 4 is 5.78 Å². The molecule has 1 atom stereocenters. The van der Waals surface area contributed by atoms with Crippen LogP contribution in [0.4, 0.5) is 8.78 Å². The van der Waals surface area contributed by atoms with Gasteiger partial charge in [-0.2, -0.15) is 0 Å². The number of hydrogen-bond donors (Lipinski definition) is 0. The van der Waals surface area contributed by atoms with Crippen LogP contribution in [-0.4, -0.2) is 36.1 Å². The van der Waals surface area contributed by atoms with E-state index in [1.807, 2.05) is 6.07 Å². The third-order valence-corrected chi connectivity index (χ3v) is 4.30. The summed E-state index contributed by atoms with van der Waals surface area (Å²) < 4.78 is 45.9. The first-order chi connectivity index (χ1) is 13.0. The van der Waals surface area contributed by atoms with Crippen molar-refractivity contribution in [1.29, 1.82) is 0 Å². The highest BCUT2D eigenvalue weighted by atomic mass is 19.2. The van der Waals surface area contributed by atoms with Gasteiger partial charge in [0.1, 0.15) is 12.3 Å². The van der Waals surface area contributed by atoms with Crippen molar-refractivity contribution in [3.05, 3.63) is 59.4 Å². The zero-order chi connectivity index (χ0) is 19.4. The van der Waals surface area contributed by atoms with Crippen LogP contribution < -0.4 is 0 Å². The Balaban J connectivity index is 2.02. The molecule has 0 spiro atoms. The minimum atomic E-state index is -2.14. The number of ether oxygens (including phenoxy) is 3. The summed E-state index contributed by atoms with van der Waals surface area (Å²) in [5.74, 6) is -0.238. The zero-order valence-electron chi connectivity index (χ0n) is 15.0. The summed E-state index contributed by atoms with van der Waals surface area (Å²) in [6.45, 7) is 3.36. The molecule has 1 aliphatic rings. The maximum Gasteiger partial charge on any atom is 0.354 e. The van der Waals surface area contributed by atoms with Crippen LogP contribution >= 0.6 is 0 Å². The Labute approximate surface area is 155 Å². The van der Waals surface area contributed by atoms with Crippen molar-refractivity contribution in [1.82, 2.24) is 4.57 Å². The first kappa shape index (κ1) is 19.2. The van der Waals surface area contributed by atoms with E-state index in [1.165, 1.54) is 4.57 Å². The number of carbonyl (C=O) groups excluding carboxylic acids is 1. The average molecular weight is 375 g/mol. The molecule has 142 valence electrons. The minimum absolute atomic E-state index is 0.0876. The van der Waals surface area contributed by atoms with E-state index in [2.05, 4.69) is 11.8 Å². The Morgan fingerprint density at radius 3 is 2.59 bits per heavy atom. The molecule has 0 N–H and O–H groups in total. The molecule has 5 nitrogen and oxygen atoms in total. The lowest BCUT2D eigenvalue weighted by Crippen LogP contribution is -2.44. The molecule has 0 unspecified atom stereocenters. The van der Waals surface area contributed by atoms with E-state index in [1.54, 1.807) is 38.1 Å². The van der Waals surface area contributed by atoms with Crippen LogP contribution in [0.3, 0.4) is 0 Å². The third-order valence-electron chi connectivity index (χ3n) is 4.30. The van der Waals surface area contributed by atoms with Crippen molar-refractivity contribution < 1.29 is 27.8 Å². The van der Waals surface area contributed by atoms with Crippen molar-refractivity contribution in [2.45, 2.75) is 25.9 Å². The predicted molar refractivity (Wildman–Crippen MR) is 93.0 cm³/mol. The first-order valence-electron chi connectivity index (χ1n) is 8.47. The summed E-state index contributed by atoms with van der Waals surface area (Å²) in [5.41, 5.74) is 0.275. The normalized spacial score (nSPS) is 16.6. The largest absolute Gasteiger partial charge is 0.354 e. The molecule has 2 aromatic rings. The van der Waals surface area contributed by atoms with E-state index in [0.717, 1.165) is 11.8 Å². The number of benzene rings is 1. The van der Waals surface area contributed by atoms with Crippen molar-refractivity contribution in [3.8, 4) is 11.8 Å². The maximum absolute atomic E-state index is 14.5. The predicted octanol–water partition coefficient (Wildman–Crippen LogP) is 3.30. The number of Topliss-reactive ketones (excluding diaryl/α,β-unsaturated/α-hetero) is 1. The Morgan fingerprint density at radius 2 is 1.96 bits per heavy atom. The Morgan fingerprint density at radius 1 is 1.30 bits per heavy atom. The second-order valence-electron chi connectivity index (χ2n) is 5.93. The third kappa shape index (κ3) is 3.65. The van der Waals surface area contributed by atoms with Gasteiger partial charge in [-0.25, -0.2) is 8.78 Å². The molecule has 1 saturated heterocycles. The first-order valence-corrected chi connectivity index (χ1v) is 8.47. The standard InChI is InChI=1S/C20H19F2NO4/c1-3-4-10-25-20(26-11-12-27-20)19(24)18-17(22)16(21)13-23(18)14(2)15-8-6-5-7-9-15/h5-9,13-14H,10-12H2,1-2H3/t14-/m1/s1. The fourth-order valence-corrected chi connectivity index (χ4v) is 2.91.